The summed E-state index contributed by atoms with van der Waals surface area (Å²) in [5.74, 6) is 0. The van der Waals surface area contributed by atoms with E-state index in [1.54, 1.807) is 8.61 Å². The second kappa shape index (κ2) is 7.29. The average Bonchev–Trinajstić information content (AvgIpc) is 3.13. The van der Waals surface area contributed by atoms with E-state index >= 15 is 0 Å². The predicted octanol–water partition coefficient (Wildman–Crippen LogP) is 0.540. The Morgan fingerprint density at radius 2 is 1.65 bits per heavy atom. The first-order valence-electron chi connectivity index (χ1n) is 8.53. The zero-order valence-corrected chi connectivity index (χ0v) is 14.7. The summed E-state index contributed by atoms with van der Waals surface area (Å²) in [7, 11) is -3.25. The third kappa shape index (κ3) is 3.93. The maximum absolute atomic E-state index is 12.7. The monoisotopic (exact) mass is 341 g/mol. The van der Waals surface area contributed by atoms with Gasteiger partial charge in [-0.15, -0.1) is 0 Å². The van der Waals surface area contributed by atoms with E-state index in [0.717, 1.165) is 51.1 Å². The van der Waals surface area contributed by atoms with Crippen LogP contribution in [-0.4, -0.2) is 77.5 Å². The Morgan fingerprint density at radius 1 is 0.957 bits per heavy atom. The lowest BCUT2D eigenvalue weighted by Gasteiger charge is -2.26. The van der Waals surface area contributed by atoms with Gasteiger partial charge in [-0.2, -0.15) is 22.1 Å². The van der Waals surface area contributed by atoms with Gasteiger partial charge >= 0.3 is 0 Å². The highest BCUT2D eigenvalue weighted by Crippen LogP contribution is 2.18. The Morgan fingerprint density at radius 3 is 2.35 bits per heavy atom. The Kier molecular flexibility index (Phi) is 5.35. The highest BCUT2D eigenvalue weighted by Gasteiger charge is 2.32. The normalized spacial score (nSPS) is 22.5. The van der Waals surface area contributed by atoms with Gasteiger partial charge in [0.15, 0.2) is 0 Å². The molecule has 3 rings (SSSR count). The summed E-state index contributed by atoms with van der Waals surface area (Å²) in [6, 6.07) is 2.01. The summed E-state index contributed by atoms with van der Waals surface area (Å²) in [4.78, 5) is 2.35. The lowest BCUT2D eigenvalue weighted by molar-refractivity contribution is 0.268. The molecule has 2 fully saturated rings. The fraction of sp³-hybridized carbons (Fsp3) is 0.800. The smallest absolute Gasteiger partial charge is 0.282 e. The molecule has 0 N–H and O–H groups in total. The molecule has 1 aromatic rings. The van der Waals surface area contributed by atoms with Crippen molar-refractivity contribution in [3.8, 4) is 0 Å². The van der Waals surface area contributed by atoms with E-state index in [-0.39, 0.29) is 0 Å². The van der Waals surface area contributed by atoms with Crippen molar-refractivity contribution in [1.29, 1.82) is 0 Å². The van der Waals surface area contributed by atoms with Gasteiger partial charge in [0, 0.05) is 51.2 Å². The van der Waals surface area contributed by atoms with Crippen molar-refractivity contribution in [3.05, 3.63) is 18.0 Å². The fourth-order valence-electron chi connectivity index (χ4n) is 3.35. The minimum absolute atomic E-state index is 0.594. The summed E-state index contributed by atoms with van der Waals surface area (Å²) < 4.78 is 30.6. The van der Waals surface area contributed by atoms with Crippen LogP contribution in [0.15, 0.2) is 12.3 Å². The van der Waals surface area contributed by atoms with Crippen molar-refractivity contribution < 1.29 is 8.42 Å². The van der Waals surface area contributed by atoms with Gasteiger partial charge in [0.25, 0.3) is 10.2 Å². The maximum Gasteiger partial charge on any atom is 0.282 e. The van der Waals surface area contributed by atoms with E-state index in [2.05, 4.69) is 16.9 Å². The van der Waals surface area contributed by atoms with Crippen LogP contribution in [-0.2, 0) is 16.8 Å². The van der Waals surface area contributed by atoms with Crippen LogP contribution < -0.4 is 0 Å². The van der Waals surface area contributed by atoms with Crippen molar-refractivity contribution >= 4 is 10.2 Å². The van der Waals surface area contributed by atoms with Gasteiger partial charge in [-0.1, -0.05) is 0 Å². The lowest BCUT2D eigenvalue weighted by atomic mass is 10.4. The quantitative estimate of drug-likeness (QED) is 0.784. The first-order chi connectivity index (χ1) is 11.1. The molecular weight excluding hydrogens is 314 g/mol. The van der Waals surface area contributed by atoms with Gasteiger partial charge in [0.2, 0.25) is 0 Å². The summed E-state index contributed by atoms with van der Waals surface area (Å²) in [5.41, 5.74) is 1.16. The number of nitrogens with zero attached hydrogens (tertiary/aromatic N) is 5. The van der Waals surface area contributed by atoms with Gasteiger partial charge in [-0.05, 0) is 38.8 Å². The largest absolute Gasteiger partial charge is 0.300 e. The topological polar surface area (TPSA) is 61.7 Å². The molecule has 0 unspecified atom stereocenters. The average molecular weight is 341 g/mol. The van der Waals surface area contributed by atoms with Crippen LogP contribution in [0.5, 0.6) is 0 Å². The molecule has 2 aliphatic heterocycles. The lowest BCUT2D eigenvalue weighted by Crippen LogP contribution is -2.44. The molecule has 0 atom stereocenters. The molecule has 0 amide bonds. The Hall–Kier alpha value is -0.960. The zero-order chi connectivity index (χ0) is 16.3. The van der Waals surface area contributed by atoms with E-state index in [0.29, 0.717) is 26.2 Å². The third-order valence-corrected chi connectivity index (χ3v) is 6.86. The summed E-state index contributed by atoms with van der Waals surface area (Å²) in [5, 5.41) is 4.31. The number of aryl methyl sites for hydroxylation is 1. The SMILES string of the molecule is Cc1ccnn1CCN1CCCN(S(=O)(=O)N2CCCC2)CC1. The van der Waals surface area contributed by atoms with Gasteiger partial charge < -0.3 is 4.90 Å². The molecule has 130 valence electrons. The second-order valence-electron chi connectivity index (χ2n) is 6.40. The Labute approximate surface area is 139 Å². The molecule has 0 aromatic carbocycles. The van der Waals surface area contributed by atoms with Crippen LogP contribution in [0, 0.1) is 6.92 Å². The van der Waals surface area contributed by atoms with Crippen LogP contribution in [0.2, 0.25) is 0 Å². The number of rotatable bonds is 5. The highest BCUT2D eigenvalue weighted by atomic mass is 32.2. The fourth-order valence-corrected chi connectivity index (χ4v) is 5.07. The molecule has 0 spiro atoms. The van der Waals surface area contributed by atoms with Crippen molar-refractivity contribution in [3.63, 3.8) is 0 Å². The van der Waals surface area contributed by atoms with Gasteiger partial charge in [-0.25, -0.2) is 0 Å². The van der Waals surface area contributed by atoms with Crippen LogP contribution in [0.4, 0.5) is 0 Å². The minimum Gasteiger partial charge on any atom is -0.300 e. The van der Waals surface area contributed by atoms with Crippen LogP contribution in [0.1, 0.15) is 25.0 Å². The predicted molar refractivity (Wildman–Crippen MR) is 89.3 cm³/mol. The molecule has 0 saturated carbocycles. The molecule has 3 heterocycles. The summed E-state index contributed by atoms with van der Waals surface area (Å²) in [6.45, 7) is 8.17. The van der Waals surface area contributed by atoms with Gasteiger partial charge in [-0.3, -0.25) is 4.68 Å². The molecule has 7 nitrogen and oxygen atoms in total. The summed E-state index contributed by atoms with van der Waals surface area (Å²) in [6.07, 6.45) is 4.69. The van der Waals surface area contributed by atoms with Crippen LogP contribution in [0.3, 0.4) is 0 Å². The van der Waals surface area contributed by atoms with Crippen LogP contribution in [0.25, 0.3) is 0 Å². The number of hydrogen-bond donors (Lipinski definition) is 0. The Bertz CT molecular complexity index is 609. The molecular formula is C15H27N5O2S. The molecule has 1 aromatic heterocycles. The molecule has 0 radical (unpaired) electrons. The first kappa shape index (κ1) is 16.9. The summed E-state index contributed by atoms with van der Waals surface area (Å²) >= 11 is 0. The number of hydrogen-bond acceptors (Lipinski definition) is 4. The molecule has 0 bridgehead atoms. The molecule has 8 heteroatoms. The first-order valence-corrected chi connectivity index (χ1v) is 9.93. The minimum atomic E-state index is -3.25. The molecule has 2 saturated heterocycles. The standard InChI is InChI=1S/C15H27N5O2S/c1-15-5-6-16-20(15)14-12-17-7-4-10-19(13-11-17)23(21,22)18-8-2-3-9-18/h5-6H,2-4,7-14H2,1H3. The Balaban J connectivity index is 1.53. The van der Waals surface area contributed by atoms with Crippen molar-refractivity contribution in [1.82, 2.24) is 23.3 Å². The third-order valence-electron chi connectivity index (χ3n) is 4.82. The molecule has 23 heavy (non-hydrogen) atoms. The maximum atomic E-state index is 12.7. The van der Waals surface area contributed by atoms with Crippen LogP contribution >= 0.6 is 0 Å². The van der Waals surface area contributed by atoms with Gasteiger partial charge in [0.05, 0.1) is 6.54 Å². The number of aromatic nitrogens is 2. The van der Waals surface area contributed by atoms with E-state index in [1.165, 1.54) is 0 Å². The van der Waals surface area contributed by atoms with Crippen molar-refractivity contribution in [2.45, 2.75) is 32.7 Å². The van der Waals surface area contributed by atoms with E-state index < -0.39 is 10.2 Å². The van der Waals surface area contributed by atoms with E-state index in [9.17, 15) is 8.42 Å². The van der Waals surface area contributed by atoms with Gasteiger partial charge in [0.1, 0.15) is 0 Å². The van der Waals surface area contributed by atoms with E-state index in [1.807, 2.05) is 16.9 Å². The molecule has 2 aliphatic rings. The molecule has 0 aliphatic carbocycles. The van der Waals surface area contributed by atoms with E-state index in [4.69, 9.17) is 0 Å². The second-order valence-corrected chi connectivity index (χ2v) is 8.33. The van der Waals surface area contributed by atoms with Crippen molar-refractivity contribution in [2.24, 2.45) is 0 Å². The highest BCUT2D eigenvalue weighted by molar-refractivity contribution is 7.86. The van der Waals surface area contributed by atoms with Crippen molar-refractivity contribution in [2.75, 3.05) is 45.8 Å². The zero-order valence-electron chi connectivity index (χ0n) is 13.9.